The number of pyridine rings is 1. The summed E-state index contributed by atoms with van der Waals surface area (Å²) < 4.78 is 6.25. The zero-order valence-electron chi connectivity index (χ0n) is 13.7. The second-order valence-electron chi connectivity index (χ2n) is 5.51. The quantitative estimate of drug-likeness (QED) is 0.720. The fourth-order valence-electron chi connectivity index (χ4n) is 2.67. The number of hydrogen-bond acceptors (Lipinski definition) is 5. The summed E-state index contributed by atoms with van der Waals surface area (Å²) >= 11 is 6.05. The van der Waals surface area contributed by atoms with E-state index in [1.54, 1.807) is 37.3 Å². The lowest BCUT2D eigenvalue weighted by atomic mass is 10.1. The predicted molar refractivity (Wildman–Crippen MR) is 96.2 cm³/mol. The van der Waals surface area contributed by atoms with E-state index in [-0.39, 0.29) is 23.7 Å². The fourth-order valence-corrected chi connectivity index (χ4v) is 2.84. The molecule has 0 amide bonds. The molecule has 0 bridgehead atoms. The van der Waals surface area contributed by atoms with E-state index < -0.39 is 11.9 Å². The van der Waals surface area contributed by atoms with Crippen LogP contribution in [-0.2, 0) is 4.74 Å². The Morgan fingerprint density at radius 3 is 2.72 bits per heavy atom. The normalized spacial score (nSPS) is 10.8. The Bertz CT molecular complexity index is 995. The number of halogens is 1. The van der Waals surface area contributed by atoms with Gasteiger partial charge in [0.05, 0.1) is 17.8 Å². The molecule has 0 unspecified atom stereocenters. The number of ether oxygens (including phenoxy) is 1. The molecule has 0 aliphatic heterocycles. The molecule has 7 heteroatoms. The van der Waals surface area contributed by atoms with E-state index in [4.69, 9.17) is 22.1 Å². The van der Waals surface area contributed by atoms with E-state index in [0.717, 1.165) is 10.1 Å². The Kier molecular flexibility index (Phi) is 4.46. The van der Waals surface area contributed by atoms with Crippen molar-refractivity contribution in [2.45, 2.75) is 13.8 Å². The molecule has 0 aliphatic carbocycles. The summed E-state index contributed by atoms with van der Waals surface area (Å²) in [5.74, 6) is -0.457. The molecule has 0 saturated carbocycles. The van der Waals surface area contributed by atoms with E-state index in [2.05, 4.69) is 4.98 Å². The molecule has 3 aromatic rings. The topological polar surface area (TPSA) is 87.2 Å². The molecular weight excluding hydrogens is 342 g/mol. The van der Waals surface area contributed by atoms with Crippen LogP contribution < -0.4 is 5.73 Å². The predicted octanol–water partition coefficient (Wildman–Crippen LogP) is 3.82. The average molecular weight is 358 g/mol. The summed E-state index contributed by atoms with van der Waals surface area (Å²) in [6.07, 6.45) is 0.843. The lowest BCUT2D eigenvalue weighted by molar-refractivity contribution is 0.102. The number of hydrogen-bond donors (Lipinski definition) is 1. The van der Waals surface area contributed by atoms with Crippen LogP contribution in [0, 0.1) is 6.92 Å². The molecular formula is C18H16ClN3O3. The van der Waals surface area contributed by atoms with E-state index >= 15 is 0 Å². The van der Waals surface area contributed by atoms with Crippen molar-refractivity contribution in [2.75, 3.05) is 12.3 Å². The second kappa shape index (κ2) is 6.57. The van der Waals surface area contributed by atoms with Crippen LogP contribution in [0.1, 0.15) is 28.7 Å². The number of benzene rings is 1. The van der Waals surface area contributed by atoms with Gasteiger partial charge in [0.15, 0.2) is 0 Å². The molecule has 2 N–H and O–H groups in total. The molecule has 128 valence electrons. The molecule has 0 saturated heterocycles. The molecule has 0 aliphatic rings. The van der Waals surface area contributed by atoms with Crippen LogP contribution in [-0.4, -0.2) is 28.0 Å². The van der Waals surface area contributed by atoms with Gasteiger partial charge in [0.25, 0.3) is 0 Å². The summed E-state index contributed by atoms with van der Waals surface area (Å²) in [7, 11) is 0. The summed E-state index contributed by atoms with van der Waals surface area (Å²) in [5, 5.41) is 0.969. The van der Waals surface area contributed by atoms with Gasteiger partial charge in [0, 0.05) is 16.6 Å². The molecule has 3 rings (SSSR count). The molecule has 6 nitrogen and oxygen atoms in total. The molecule has 2 heterocycles. The van der Waals surface area contributed by atoms with Gasteiger partial charge in [0.1, 0.15) is 11.4 Å². The van der Waals surface area contributed by atoms with Crippen molar-refractivity contribution >= 4 is 40.1 Å². The van der Waals surface area contributed by atoms with Gasteiger partial charge in [-0.2, -0.15) is 0 Å². The van der Waals surface area contributed by atoms with Gasteiger partial charge < -0.3 is 10.5 Å². The Labute approximate surface area is 149 Å². The highest BCUT2D eigenvalue weighted by Gasteiger charge is 2.27. The molecule has 0 radical (unpaired) electrons. The molecule has 25 heavy (non-hydrogen) atoms. The zero-order chi connectivity index (χ0) is 18.1. The van der Waals surface area contributed by atoms with Gasteiger partial charge in [-0.1, -0.05) is 11.6 Å². The lowest BCUT2D eigenvalue weighted by Gasteiger charge is -2.09. The Balaban J connectivity index is 2.29. The van der Waals surface area contributed by atoms with Crippen LogP contribution in [0.5, 0.6) is 0 Å². The molecule has 0 spiro atoms. The van der Waals surface area contributed by atoms with Crippen molar-refractivity contribution in [3.8, 4) is 0 Å². The number of nitrogen functional groups attached to an aromatic ring is 1. The van der Waals surface area contributed by atoms with Crippen molar-refractivity contribution in [3.63, 3.8) is 0 Å². The molecule has 0 fully saturated rings. The van der Waals surface area contributed by atoms with Crippen LogP contribution >= 0.6 is 11.6 Å². The second-order valence-corrected chi connectivity index (χ2v) is 5.94. The minimum Gasteiger partial charge on any atom is -0.449 e. The summed E-state index contributed by atoms with van der Waals surface area (Å²) in [5.41, 5.74) is 7.88. The Hall–Kier alpha value is -2.86. The van der Waals surface area contributed by atoms with Gasteiger partial charge in [-0.25, -0.2) is 9.36 Å². The summed E-state index contributed by atoms with van der Waals surface area (Å²) in [4.78, 5) is 29.6. The van der Waals surface area contributed by atoms with Gasteiger partial charge in [-0.15, -0.1) is 0 Å². The third kappa shape index (κ3) is 2.96. The molecule has 2 aromatic heterocycles. The van der Waals surface area contributed by atoms with Crippen LogP contribution in [0.4, 0.5) is 10.5 Å². The number of carbonyl (C=O) groups is 2. The van der Waals surface area contributed by atoms with E-state index in [9.17, 15) is 9.59 Å². The number of ketones is 1. The maximum absolute atomic E-state index is 13.0. The first-order chi connectivity index (χ1) is 11.9. The fraction of sp³-hybridized carbons (Fsp3) is 0.167. The van der Waals surface area contributed by atoms with Crippen LogP contribution in [0.15, 0.2) is 36.5 Å². The Morgan fingerprint density at radius 2 is 2.04 bits per heavy atom. The SMILES string of the molecule is CCOC(=O)n1c(C(=O)c2cc(C)ccn2)c(N)c2ccc(Cl)cc21. The smallest absolute Gasteiger partial charge is 0.419 e. The van der Waals surface area contributed by atoms with E-state index in [0.29, 0.717) is 15.9 Å². The highest BCUT2D eigenvalue weighted by Crippen LogP contribution is 2.32. The maximum atomic E-state index is 13.0. The third-order valence-electron chi connectivity index (χ3n) is 3.78. The first-order valence-corrected chi connectivity index (χ1v) is 8.05. The maximum Gasteiger partial charge on any atom is 0.419 e. The Morgan fingerprint density at radius 1 is 1.28 bits per heavy atom. The standard InChI is InChI=1S/C18H16ClN3O3/c1-3-25-18(24)22-14-9-11(19)4-5-12(14)15(20)16(22)17(23)13-8-10(2)6-7-21-13/h4-9H,3,20H2,1-2H3. The summed E-state index contributed by atoms with van der Waals surface area (Å²) in [6.45, 7) is 3.70. The number of anilines is 1. The monoisotopic (exact) mass is 357 g/mol. The largest absolute Gasteiger partial charge is 0.449 e. The van der Waals surface area contributed by atoms with Crippen molar-refractivity contribution in [2.24, 2.45) is 0 Å². The van der Waals surface area contributed by atoms with Crippen LogP contribution in [0.2, 0.25) is 5.02 Å². The first-order valence-electron chi connectivity index (χ1n) is 7.68. The van der Waals surface area contributed by atoms with Crippen LogP contribution in [0.25, 0.3) is 10.9 Å². The van der Waals surface area contributed by atoms with Crippen molar-refractivity contribution < 1.29 is 14.3 Å². The average Bonchev–Trinajstić information content (AvgIpc) is 2.86. The van der Waals surface area contributed by atoms with E-state index in [1.165, 1.54) is 6.20 Å². The number of carbonyl (C=O) groups excluding carboxylic acids is 2. The van der Waals surface area contributed by atoms with Crippen molar-refractivity contribution in [1.82, 2.24) is 9.55 Å². The number of nitrogens with zero attached hydrogens (tertiary/aromatic N) is 2. The molecule has 0 atom stereocenters. The number of nitrogens with two attached hydrogens (primary N) is 1. The van der Waals surface area contributed by atoms with Gasteiger partial charge in [-0.3, -0.25) is 9.78 Å². The van der Waals surface area contributed by atoms with E-state index in [1.807, 2.05) is 6.92 Å². The minimum atomic E-state index is -0.692. The van der Waals surface area contributed by atoms with Crippen LogP contribution in [0.3, 0.4) is 0 Å². The minimum absolute atomic E-state index is 0.0221. The lowest BCUT2D eigenvalue weighted by Crippen LogP contribution is -2.20. The van der Waals surface area contributed by atoms with Gasteiger partial charge in [0.2, 0.25) is 5.78 Å². The highest BCUT2D eigenvalue weighted by atomic mass is 35.5. The van der Waals surface area contributed by atoms with Crippen molar-refractivity contribution in [1.29, 1.82) is 0 Å². The number of fused-ring (bicyclic) bond motifs is 1. The third-order valence-corrected chi connectivity index (χ3v) is 4.02. The highest BCUT2D eigenvalue weighted by molar-refractivity contribution is 6.31. The number of aryl methyl sites for hydroxylation is 1. The number of rotatable bonds is 3. The number of aromatic nitrogens is 2. The van der Waals surface area contributed by atoms with Crippen molar-refractivity contribution in [3.05, 3.63) is 58.5 Å². The first kappa shape index (κ1) is 17.0. The summed E-state index contributed by atoms with van der Waals surface area (Å²) in [6, 6.07) is 8.31. The van der Waals surface area contributed by atoms with Gasteiger partial charge >= 0.3 is 6.09 Å². The zero-order valence-corrected chi connectivity index (χ0v) is 14.5. The molecule has 1 aromatic carbocycles. The van der Waals surface area contributed by atoms with Gasteiger partial charge in [-0.05, 0) is 49.7 Å².